The van der Waals surface area contributed by atoms with E-state index in [2.05, 4.69) is 10.6 Å². The molecule has 0 bridgehead atoms. The van der Waals surface area contributed by atoms with E-state index in [0.717, 1.165) is 6.07 Å². The van der Waals surface area contributed by atoms with Crippen molar-refractivity contribution in [2.45, 2.75) is 0 Å². The van der Waals surface area contributed by atoms with Gasteiger partial charge in [-0.05, 0) is 54.6 Å². The van der Waals surface area contributed by atoms with Gasteiger partial charge < -0.3 is 35.6 Å². The van der Waals surface area contributed by atoms with Gasteiger partial charge in [0.05, 0.1) is 43.5 Å². The summed E-state index contributed by atoms with van der Waals surface area (Å²) in [6.07, 6.45) is 0. The van der Waals surface area contributed by atoms with Crippen LogP contribution in [0, 0.1) is 5.82 Å². The van der Waals surface area contributed by atoms with Gasteiger partial charge in [0.25, 0.3) is 5.91 Å². The molecule has 0 aliphatic carbocycles. The van der Waals surface area contributed by atoms with E-state index in [1.165, 1.54) is 17.0 Å². The van der Waals surface area contributed by atoms with Gasteiger partial charge in [0, 0.05) is 37.4 Å². The number of benzene rings is 3. The van der Waals surface area contributed by atoms with Crippen molar-refractivity contribution in [1.82, 2.24) is 15.0 Å². The topological polar surface area (TPSA) is 151 Å². The molecule has 2 aliphatic heterocycles. The fraction of sp³-hybridized carbons (Fsp3) is 0.258. The number of nitrogens with one attached hydrogen (secondary N) is 2. The predicted octanol–water partition coefficient (Wildman–Crippen LogP) is 3.89. The maximum atomic E-state index is 13.9. The SMILES string of the molecule is Nc1cc(F)ccc1NC(=O)c1ccc(NC(=O)N(c2ccccc2)c2nc(N3CCOCC3)nc(N3CCOCC3)n2)cc1. The Balaban J connectivity index is 1.27. The van der Waals surface area contributed by atoms with Crippen LogP contribution in [0.15, 0.2) is 72.8 Å². The van der Waals surface area contributed by atoms with E-state index < -0.39 is 17.8 Å². The van der Waals surface area contributed by atoms with Crippen LogP contribution in [0.2, 0.25) is 0 Å². The number of halogens is 1. The third-order valence-electron chi connectivity index (χ3n) is 7.27. The normalized spacial score (nSPS) is 15.0. The number of carbonyl (C=O) groups is 2. The smallest absolute Gasteiger partial charge is 0.333 e. The van der Waals surface area contributed by atoms with Crippen LogP contribution >= 0.6 is 0 Å². The molecule has 0 unspecified atom stereocenters. The van der Waals surface area contributed by atoms with Gasteiger partial charge in [-0.1, -0.05) is 18.2 Å². The summed E-state index contributed by atoms with van der Waals surface area (Å²) >= 11 is 0. The number of hydrogen-bond acceptors (Lipinski definition) is 10. The highest BCUT2D eigenvalue weighted by molar-refractivity contribution is 6.08. The summed E-state index contributed by atoms with van der Waals surface area (Å²) in [5.41, 5.74) is 7.53. The van der Waals surface area contributed by atoms with Gasteiger partial charge in [-0.3, -0.25) is 4.79 Å². The summed E-state index contributed by atoms with van der Waals surface area (Å²) in [5.74, 6) is 0.131. The Hall–Kier alpha value is -5.34. The molecule has 232 valence electrons. The molecule has 4 aromatic rings. The van der Waals surface area contributed by atoms with E-state index >= 15 is 0 Å². The van der Waals surface area contributed by atoms with Gasteiger partial charge >= 0.3 is 6.03 Å². The zero-order chi connectivity index (χ0) is 31.2. The lowest BCUT2D eigenvalue weighted by Gasteiger charge is -2.31. The average molecular weight is 614 g/mol. The molecular weight excluding hydrogens is 581 g/mol. The van der Waals surface area contributed by atoms with Crippen molar-refractivity contribution in [1.29, 1.82) is 0 Å². The summed E-state index contributed by atoms with van der Waals surface area (Å²) in [6.45, 7) is 4.61. The summed E-state index contributed by atoms with van der Waals surface area (Å²) in [4.78, 5) is 46.4. The number of carbonyl (C=O) groups excluding carboxylic acids is 2. The Bertz CT molecular complexity index is 1610. The first-order chi connectivity index (χ1) is 21.9. The minimum atomic E-state index is -0.510. The fourth-order valence-corrected chi connectivity index (χ4v) is 4.88. The van der Waals surface area contributed by atoms with Crippen LogP contribution in [0.5, 0.6) is 0 Å². The maximum Gasteiger partial charge on any atom is 0.333 e. The lowest BCUT2D eigenvalue weighted by Crippen LogP contribution is -2.41. The van der Waals surface area contributed by atoms with Crippen LogP contribution in [0.4, 0.5) is 49.8 Å². The molecule has 4 N–H and O–H groups in total. The Morgan fingerprint density at radius 2 is 1.38 bits per heavy atom. The number of rotatable bonds is 7. The summed E-state index contributed by atoms with van der Waals surface area (Å²) in [6, 6.07) is 18.7. The summed E-state index contributed by atoms with van der Waals surface area (Å²) < 4.78 is 24.4. The molecule has 2 saturated heterocycles. The van der Waals surface area contributed by atoms with Crippen molar-refractivity contribution in [3.05, 3.63) is 84.2 Å². The second kappa shape index (κ2) is 13.5. The Morgan fingerprint density at radius 3 is 1.96 bits per heavy atom. The van der Waals surface area contributed by atoms with Gasteiger partial charge in [0.2, 0.25) is 17.8 Å². The van der Waals surface area contributed by atoms with Crippen molar-refractivity contribution in [3.8, 4) is 0 Å². The Labute approximate surface area is 258 Å². The number of ether oxygens (including phenoxy) is 2. The van der Waals surface area contributed by atoms with E-state index in [4.69, 9.17) is 30.2 Å². The molecule has 2 aliphatic rings. The minimum absolute atomic E-state index is 0.111. The third kappa shape index (κ3) is 7.08. The maximum absolute atomic E-state index is 13.9. The van der Waals surface area contributed by atoms with E-state index in [1.807, 2.05) is 28.0 Å². The van der Waals surface area contributed by atoms with Crippen LogP contribution in [0.3, 0.4) is 0 Å². The second-order valence-corrected chi connectivity index (χ2v) is 10.3. The predicted molar refractivity (Wildman–Crippen MR) is 169 cm³/mol. The van der Waals surface area contributed by atoms with Gasteiger partial charge in [0.15, 0.2) is 0 Å². The van der Waals surface area contributed by atoms with Crippen LogP contribution in [0.25, 0.3) is 0 Å². The fourth-order valence-electron chi connectivity index (χ4n) is 4.88. The van der Waals surface area contributed by atoms with E-state index in [0.29, 0.717) is 87.1 Å². The molecule has 1 aromatic heterocycles. The molecule has 6 rings (SSSR count). The van der Waals surface area contributed by atoms with E-state index in [1.54, 1.807) is 36.4 Å². The van der Waals surface area contributed by atoms with E-state index in [9.17, 15) is 14.0 Å². The number of urea groups is 1. The molecule has 45 heavy (non-hydrogen) atoms. The lowest BCUT2D eigenvalue weighted by molar-refractivity contribution is 0.102. The van der Waals surface area contributed by atoms with E-state index in [-0.39, 0.29) is 11.6 Å². The first-order valence-electron chi connectivity index (χ1n) is 14.5. The monoisotopic (exact) mass is 613 g/mol. The molecule has 0 radical (unpaired) electrons. The lowest BCUT2D eigenvalue weighted by atomic mass is 10.2. The van der Waals surface area contributed by atoms with Crippen LogP contribution in [0.1, 0.15) is 10.4 Å². The molecule has 2 fully saturated rings. The minimum Gasteiger partial charge on any atom is -0.397 e. The molecule has 3 amide bonds. The number of nitrogen functional groups attached to an aromatic ring is 1. The summed E-state index contributed by atoms with van der Waals surface area (Å²) in [5, 5.41) is 5.56. The Kier molecular flexibility index (Phi) is 8.94. The first-order valence-corrected chi connectivity index (χ1v) is 14.5. The van der Waals surface area contributed by atoms with Crippen molar-refractivity contribution in [2.75, 3.05) is 83.7 Å². The molecular formula is C31H32FN9O4. The molecule has 0 spiro atoms. The highest BCUT2D eigenvalue weighted by atomic mass is 19.1. The van der Waals surface area contributed by atoms with Crippen molar-refractivity contribution in [2.24, 2.45) is 0 Å². The van der Waals surface area contributed by atoms with Crippen LogP contribution in [-0.4, -0.2) is 79.5 Å². The number of amides is 3. The van der Waals surface area contributed by atoms with Crippen molar-refractivity contribution in [3.63, 3.8) is 0 Å². The molecule has 0 saturated carbocycles. The second-order valence-electron chi connectivity index (χ2n) is 10.3. The number of morpholine rings is 2. The van der Waals surface area contributed by atoms with Gasteiger partial charge in [-0.25, -0.2) is 14.1 Å². The van der Waals surface area contributed by atoms with Crippen LogP contribution < -0.4 is 31.1 Å². The summed E-state index contributed by atoms with van der Waals surface area (Å²) in [7, 11) is 0. The van der Waals surface area contributed by atoms with Gasteiger partial charge in [0.1, 0.15) is 5.82 Å². The number of nitrogens with two attached hydrogens (primary N) is 1. The molecule has 3 aromatic carbocycles. The molecule has 14 heteroatoms. The standard InChI is InChI=1S/C31H32FN9O4/c32-22-8-11-26(25(33)20-22)35-27(42)21-6-9-23(10-7-21)34-31(43)41(24-4-2-1-3-5-24)30-37-28(39-12-16-44-17-13-39)36-29(38-30)40-14-18-45-19-15-40/h1-11,20H,12-19,33H2,(H,34,43)(H,35,42). The van der Waals surface area contributed by atoms with Crippen molar-refractivity contribution < 1.29 is 23.5 Å². The quantitative estimate of drug-likeness (QED) is 0.262. The number of anilines is 7. The molecule has 0 atom stereocenters. The first kappa shape index (κ1) is 29.7. The molecule has 3 heterocycles. The highest BCUT2D eigenvalue weighted by Gasteiger charge is 2.27. The Morgan fingerprint density at radius 1 is 0.778 bits per heavy atom. The largest absolute Gasteiger partial charge is 0.397 e. The highest BCUT2D eigenvalue weighted by Crippen LogP contribution is 2.28. The number of para-hydroxylation sites is 1. The van der Waals surface area contributed by atoms with Crippen LogP contribution in [-0.2, 0) is 9.47 Å². The zero-order valence-corrected chi connectivity index (χ0v) is 24.4. The number of nitrogens with zero attached hydrogens (tertiary/aromatic N) is 6. The molecule has 13 nitrogen and oxygen atoms in total. The van der Waals surface area contributed by atoms with Gasteiger partial charge in [-0.2, -0.15) is 15.0 Å². The van der Waals surface area contributed by atoms with Gasteiger partial charge in [-0.15, -0.1) is 0 Å². The number of hydrogen-bond donors (Lipinski definition) is 3. The van der Waals surface area contributed by atoms with Crippen molar-refractivity contribution >= 4 is 52.5 Å². The third-order valence-corrected chi connectivity index (χ3v) is 7.27. The zero-order valence-electron chi connectivity index (χ0n) is 24.4. The number of aromatic nitrogens is 3. The average Bonchev–Trinajstić information content (AvgIpc) is 3.07.